The van der Waals surface area contributed by atoms with Crippen LogP contribution in [0.15, 0.2) is 30.9 Å². The van der Waals surface area contributed by atoms with Gasteiger partial charge in [0.25, 0.3) is 0 Å². The van der Waals surface area contributed by atoms with Gasteiger partial charge in [-0.2, -0.15) is 0 Å². The summed E-state index contributed by atoms with van der Waals surface area (Å²) in [5.74, 6) is 0.256. The summed E-state index contributed by atoms with van der Waals surface area (Å²) in [5.41, 5.74) is 12.6. The Morgan fingerprint density at radius 3 is 2.50 bits per heavy atom. The number of hydrogen-bond donors (Lipinski definition) is 2. The van der Waals surface area contributed by atoms with Crippen LogP contribution in [0.5, 0.6) is 5.75 Å². The van der Waals surface area contributed by atoms with E-state index in [1.54, 1.807) is 6.07 Å². The fraction of sp³-hybridized carbons (Fsp3) is 0.400. The van der Waals surface area contributed by atoms with Gasteiger partial charge in [0, 0.05) is 6.08 Å². The van der Waals surface area contributed by atoms with Gasteiger partial charge in [-0.15, -0.1) is 0 Å². The molecule has 20 heavy (non-hydrogen) atoms. The lowest BCUT2D eigenvalue weighted by Crippen LogP contribution is -2.29. The molecule has 0 atom stereocenters. The first-order chi connectivity index (χ1) is 9.60. The van der Waals surface area contributed by atoms with E-state index in [1.807, 2.05) is 12.1 Å². The van der Waals surface area contributed by atoms with Crippen LogP contribution in [0.25, 0.3) is 0 Å². The highest BCUT2D eigenvalue weighted by atomic mass is 16.5. The van der Waals surface area contributed by atoms with Crippen molar-refractivity contribution in [3.63, 3.8) is 0 Å². The van der Waals surface area contributed by atoms with E-state index in [2.05, 4.69) is 6.58 Å². The Labute approximate surface area is 118 Å². The number of rotatable bonds is 4. The van der Waals surface area contributed by atoms with E-state index in [9.17, 15) is 4.79 Å². The number of carbonyl (C=O) groups is 1. The second-order valence-corrected chi connectivity index (χ2v) is 4.92. The molecule has 1 aromatic carbocycles. The fourth-order valence-electron chi connectivity index (χ4n) is 2.32. The quantitative estimate of drug-likeness (QED) is 0.500. The Morgan fingerprint density at radius 2 is 1.85 bits per heavy atom. The molecule has 0 aliphatic heterocycles. The zero-order chi connectivity index (χ0) is 14.5. The first-order valence-electron chi connectivity index (χ1n) is 6.74. The maximum Gasteiger partial charge on any atom is 0.330 e. The van der Waals surface area contributed by atoms with E-state index in [-0.39, 0.29) is 18.2 Å². The SMILES string of the molecule is C=CC(=O)OC1CCC(Oc2cccc(N)c2N)CC1. The topological polar surface area (TPSA) is 87.6 Å². The van der Waals surface area contributed by atoms with E-state index in [4.69, 9.17) is 20.9 Å². The number of nitrogens with two attached hydrogens (primary N) is 2. The van der Waals surface area contributed by atoms with Crippen molar-refractivity contribution in [3.8, 4) is 5.75 Å². The maximum atomic E-state index is 11.1. The molecule has 0 spiro atoms. The summed E-state index contributed by atoms with van der Waals surface area (Å²) in [6, 6.07) is 5.38. The lowest BCUT2D eigenvalue weighted by atomic mass is 9.95. The van der Waals surface area contributed by atoms with Gasteiger partial charge in [-0.1, -0.05) is 12.6 Å². The van der Waals surface area contributed by atoms with Crippen molar-refractivity contribution in [3.05, 3.63) is 30.9 Å². The largest absolute Gasteiger partial charge is 0.488 e. The van der Waals surface area contributed by atoms with Crippen molar-refractivity contribution in [1.82, 2.24) is 0 Å². The lowest BCUT2D eigenvalue weighted by molar-refractivity contribution is -0.145. The molecule has 1 fully saturated rings. The third-order valence-electron chi connectivity index (χ3n) is 3.46. The molecular weight excluding hydrogens is 256 g/mol. The highest BCUT2D eigenvalue weighted by Crippen LogP contribution is 2.31. The Bertz CT molecular complexity index is 494. The molecule has 2 rings (SSSR count). The number of nitrogen functional groups attached to an aromatic ring is 2. The average Bonchev–Trinajstić information content (AvgIpc) is 2.46. The minimum absolute atomic E-state index is 0.0430. The van der Waals surface area contributed by atoms with Crippen LogP contribution < -0.4 is 16.2 Å². The summed E-state index contributed by atoms with van der Waals surface area (Å²) in [6.07, 6.45) is 4.44. The Morgan fingerprint density at radius 1 is 1.20 bits per heavy atom. The number of benzene rings is 1. The van der Waals surface area contributed by atoms with Crippen LogP contribution in [0.3, 0.4) is 0 Å². The molecular formula is C15H20N2O3. The number of hydrogen-bond acceptors (Lipinski definition) is 5. The summed E-state index contributed by atoms with van der Waals surface area (Å²) >= 11 is 0. The molecule has 0 bridgehead atoms. The van der Waals surface area contributed by atoms with Crippen LogP contribution in [0.2, 0.25) is 0 Å². The van der Waals surface area contributed by atoms with Crippen molar-refractivity contribution >= 4 is 17.3 Å². The van der Waals surface area contributed by atoms with Crippen LogP contribution in [-0.2, 0) is 9.53 Å². The third kappa shape index (κ3) is 3.44. The van der Waals surface area contributed by atoms with Crippen molar-refractivity contribution in [2.45, 2.75) is 37.9 Å². The number of anilines is 2. The third-order valence-corrected chi connectivity index (χ3v) is 3.46. The molecule has 1 aliphatic carbocycles. The summed E-state index contributed by atoms with van der Waals surface area (Å²) in [7, 11) is 0. The molecule has 1 aromatic rings. The Kier molecular flexibility index (Phi) is 4.50. The highest BCUT2D eigenvalue weighted by Gasteiger charge is 2.25. The van der Waals surface area contributed by atoms with Crippen LogP contribution in [-0.4, -0.2) is 18.2 Å². The smallest absolute Gasteiger partial charge is 0.330 e. The van der Waals surface area contributed by atoms with Gasteiger partial charge < -0.3 is 20.9 Å². The summed E-state index contributed by atoms with van der Waals surface area (Å²) < 4.78 is 11.1. The summed E-state index contributed by atoms with van der Waals surface area (Å²) in [4.78, 5) is 11.1. The molecule has 0 heterocycles. The maximum absolute atomic E-state index is 11.1. The Hall–Kier alpha value is -2.17. The van der Waals surface area contributed by atoms with Crippen LogP contribution in [0, 0.1) is 0 Å². The van der Waals surface area contributed by atoms with E-state index >= 15 is 0 Å². The molecule has 108 valence electrons. The van der Waals surface area contributed by atoms with E-state index in [0.717, 1.165) is 25.7 Å². The molecule has 0 unspecified atom stereocenters. The molecule has 0 aromatic heterocycles. The van der Waals surface area contributed by atoms with Crippen LogP contribution >= 0.6 is 0 Å². The molecule has 0 saturated heterocycles. The standard InChI is InChI=1S/C15H20N2O3/c1-2-14(18)20-11-8-6-10(7-9-11)19-13-5-3-4-12(16)15(13)17/h2-5,10-11H,1,6-9,16-17H2. The van der Waals surface area contributed by atoms with E-state index < -0.39 is 0 Å². The summed E-state index contributed by atoms with van der Waals surface area (Å²) in [5, 5.41) is 0. The minimum Gasteiger partial charge on any atom is -0.488 e. The normalized spacial score (nSPS) is 22.0. The van der Waals surface area contributed by atoms with Gasteiger partial charge >= 0.3 is 5.97 Å². The molecule has 1 saturated carbocycles. The van der Waals surface area contributed by atoms with Crippen molar-refractivity contribution in [1.29, 1.82) is 0 Å². The summed E-state index contributed by atoms with van der Waals surface area (Å²) in [6.45, 7) is 3.39. The van der Waals surface area contributed by atoms with Gasteiger partial charge in [0.1, 0.15) is 11.9 Å². The first kappa shape index (κ1) is 14.2. The van der Waals surface area contributed by atoms with Gasteiger partial charge in [0.2, 0.25) is 0 Å². The van der Waals surface area contributed by atoms with Crippen molar-refractivity contribution in [2.75, 3.05) is 11.5 Å². The molecule has 0 radical (unpaired) electrons. The van der Waals surface area contributed by atoms with Crippen molar-refractivity contribution < 1.29 is 14.3 Å². The second-order valence-electron chi connectivity index (χ2n) is 4.92. The zero-order valence-corrected chi connectivity index (χ0v) is 11.4. The second kappa shape index (κ2) is 6.32. The highest BCUT2D eigenvalue weighted by molar-refractivity contribution is 5.81. The van der Waals surface area contributed by atoms with Gasteiger partial charge in [-0.05, 0) is 37.8 Å². The predicted octanol–water partition coefficient (Wildman–Crippen LogP) is 2.27. The molecule has 1 aliphatic rings. The number of esters is 1. The van der Waals surface area contributed by atoms with Crippen molar-refractivity contribution in [2.24, 2.45) is 0 Å². The number of carbonyl (C=O) groups excluding carboxylic acids is 1. The molecule has 5 nitrogen and oxygen atoms in total. The number of para-hydroxylation sites is 1. The number of ether oxygens (including phenoxy) is 2. The lowest BCUT2D eigenvalue weighted by Gasteiger charge is -2.29. The van der Waals surface area contributed by atoms with E-state index in [1.165, 1.54) is 6.08 Å². The van der Waals surface area contributed by atoms with Crippen LogP contribution in [0.4, 0.5) is 11.4 Å². The van der Waals surface area contributed by atoms with Crippen LogP contribution in [0.1, 0.15) is 25.7 Å². The van der Waals surface area contributed by atoms with E-state index in [0.29, 0.717) is 17.1 Å². The zero-order valence-electron chi connectivity index (χ0n) is 11.4. The first-order valence-corrected chi connectivity index (χ1v) is 6.74. The Balaban J connectivity index is 1.87. The van der Waals surface area contributed by atoms with Gasteiger partial charge in [0.05, 0.1) is 17.5 Å². The van der Waals surface area contributed by atoms with Gasteiger partial charge in [0.15, 0.2) is 0 Å². The van der Waals surface area contributed by atoms with Gasteiger partial charge in [-0.3, -0.25) is 0 Å². The predicted molar refractivity (Wildman–Crippen MR) is 78.2 cm³/mol. The van der Waals surface area contributed by atoms with Gasteiger partial charge in [-0.25, -0.2) is 4.79 Å². The molecule has 5 heteroatoms. The fourth-order valence-corrected chi connectivity index (χ4v) is 2.32. The molecule has 0 amide bonds. The monoisotopic (exact) mass is 276 g/mol. The minimum atomic E-state index is -0.366. The average molecular weight is 276 g/mol. The molecule has 4 N–H and O–H groups in total.